The molecule has 0 radical (unpaired) electrons. The monoisotopic (exact) mass is 254 g/mol. The molecule has 17 heavy (non-hydrogen) atoms. The maximum absolute atomic E-state index is 10.8. The van der Waals surface area contributed by atoms with Crippen LogP contribution in [0.2, 0.25) is 5.02 Å². The molecule has 1 saturated heterocycles. The first-order valence-corrected chi connectivity index (χ1v) is 5.94. The fraction of sp³-hybridized carbons (Fsp3) is 0.417. The molecular formula is C12H15ClN2O2. The van der Waals surface area contributed by atoms with E-state index in [1.54, 1.807) is 0 Å². The third kappa shape index (κ3) is 2.64. The number of amides is 1. The van der Waals surface area contributed by atoms with E-state index in [2.05, 4.69) is 4.90 Å². The van der Waals surface area contributed by atoms with Crippen molar-refractivity contribution in [3.8, 4) is 0 Å². The van der Waals surface area contributed by atoms with Crippen LogP contribution in [0.15, 0.2) is 18.2 Å². The fourth-order valence-corrected chi connectivity index (χ4v) is 2.34. The number of aryl methyl sites for hydroxylation is 1. The maximum Gasteiger partial charge on any atom is 0.407 e. The number of piperazine rings is 1. The summed E-state index contributed by atoms with van der Waals surface area (Å²) in [5.41, 5.74) is 2.26. The van der Waals surface area contributed by atoms with Gasteiger partial charge in [0.05, 0.1) is 0 Å². The van der Waals surface area contributed by atoms with Gasteiger partial charge < -0.3 is 14.9 Å². The lowest BCUT2D eigenvalue weighted by Crippen LogP contribution is -2.48. The molecule has 1 aliphatic rings. The standard InChI is InChI=1S/C12H15ClN2O2/c1-9-8-10(13)2-3-11(9)14-4-6-15(7-5-14)12(16)17/h2-3,8H,4-7H2,1H3,(H,16,17). The summed E-state index contributed by atoms with van der Waals surface area (Å²) in [6.07, 6.45) is -0.836. The van der Waals surface area contributed by atoms with Crippen molar-refractivity contribution < 1.29 is 9.90 Å². The number of nitrogens with zero attached hydrogens (tertiary/aromatic N) is 2. The van der Waals surface area contributed by atoms with Crippen molar-refractivity contribution in [1.82, 2.24) is 4.90 Å². The van der Waals surface area contributed by atoms with Crippen molar-refractivity contribution in [1.29, 1.82) is 0 Å². The maximum atomic E-state index is 10.8. The molecule has 0 bridgehead atoms. The zero-order valence-corrected chi connectivity index (χ0v) is 10.4. The highest BCUT2D eigenvalue weighted by Crippen LogP contribution is 2.24. The zero-order chi connectivity index (χ0) is 12.4. The second kappa shape index (κ2) is 4.84. The van der Waals surface area contributed by atoms with Gasteiger partial charge in [0.25, 0.3) is 0 Å². The third-order valence-electron chi connectivity index (χ3n) is 3.05. The largest absolute Gasteiger partial charge is 0.465 e. The Hall–Kier alpha value is -1.42. The predicted molar refractivity (Wildman–Crippen MR) is 68.0 cm³/mol. The number of hydrogen-bond donors (Lipinski definition) is 1. The Kier molecular flexibility index (Phi) is 3.43. The number of carboxylic acid groups (broad SMARTS) is 1. The van der Waals surface area contributed by atoms with Crippen molar-refractivity contribution in [2.75, 3.05) is 31.1 Å². The average molecular weight is 255 g/mol. The molecule has 1 aromatic rings. The molecule has 1 amide bonds. The molecule has 4 nitrogen and oxygen atoms in total. The van der Waals surface area contributed by atoms with Crippen LogP contribution in [0.5, 0.6) is 0 Å². The van der Waals surface area contributed by atoms with Crippen LogP contribution in [0.25, 0.3) is 0 Å². The van der Waals surface area contributed by atoms with E-state index in [-0.39, 0.29) is 0 Å². The van der Waals surface area contributed by atoms with Crippen LogP contribution in [-0.2, 0) is 0 Å². The Morgan fingerprint density at radius 3 is 2.47 bits per heavy atom. The van der Waals surface area contributed by atoms with E-state index in [0.29, 0.717) is 13.1 Å². The quantitative estimate of drug-likeness (QED) is 0.837. The smallest absolute Gasteiger partial charge is 0.407 e. The second-order valence-electron chi connectivity index (χ2n) is 4.19. The van der Waals surface area contributed by atoms with Crippen LogP contribution in [0.1, 0.15) is 5.56 Å². The normalized spacial score (nSPS) is 16.1. The first-order valence-electron chi connectivity index (χ1n) is 5.57. The molecule has 0 atom stereocenters. The van der Waals surface area contributed by atoms with Crippen LogP contribution in [0.3, 0.4) is 0 Å². The number of rotatable bonds is 1. The van der Waals surface area contributed by atoms with E-state index in [4.69, 9.17) is 16.7 Å². The van der Waals surface area contributed by atoms with Gasteiger partial charge in [-0.15, -0.1) is 0 Å². The van der Waals surface area contributed by atoms with Gasteiger partial charge in [0.2, 0.25) is 0 Å². The molecule has 0 aromatic heterocycles. The van der Waals surface area contributed by atoms with Crippen molar-refractivity contribution in [2.24, 2.45) is 0 Å². The van der Waals surface area contributed by atoms with E-state index in [1.165, 1.54) is 4.90 Å². The summed E-state index contributed by atoms with van der Waals surface area (Å²) in [5.74, 6) is 0. The van der Waals surface area contributed by atoms with Gasteiger partial charge in [0, 0.05) is 36.9 Å². The molecule has 0 aliphatic carbocycles. The molecule has 0 spiro atoms. The lowest BCUT2D eigenvalue weighted by Gasteiger charge is -2.35. The third-order valence-corrected chi connectivity index (χ3v) is 3.28. The highest BCUT2D eigenvalue weighted by Gasteiger charge is 2.21. The van der Waals surface area contributed by atoms with Crippen molar-refractivity contribution in [3.63, 3.8) is 0 Å². The second-order valence-corrected chi connectivity index (χ2v) is 4.62. The molecule has 1 heterocycles. The molecule has 0 unspecified atom stereocenters. The first kappa shape index (κ1) is 12.0. The fourth-order valence-electron chi connectivity index (χ4n) is 2.11. The molecular weight excluding hydrogens is 240 g/mol. The summed E-state index contributed by atoms with van der Waals surface area (Å²) in [7, 11) is 0. The van der Waals surface area contributed by atoms with Crippen molar-refractivity contribution in [2.45, 2.75) is 6.92 Å². The van der Waals surface area contributed by atoms with Crippen LogP contribution in [0.4, 0.5) is 10.5 Å². The summed E-state index contributed by atoms with van der Waals surface area (Å²) in [5, 5.41) is 9.61. The van der Waals surface area contributed by atoms with Gasteiger partial charge in [-0.25, -0.2) is 4.79 Å². The van der Waals surface area contributed by atoms with Crippen LogP contribution in [0, 0.1) is 6.92 Å². The van der Waals surface area contributed by atoms with E-state index in [0.717, 1.165) is 29.4 Å². The summed E-state index contributed by atoms with van der Waals surface area (Å²) < 4.78 is 0. The Morgan fingerprint density at radius 2 is 1.94 bits per heavy atom. The van der Waals surface area contributed by atoms with Gasteiger partial charge in [-0.1, -0.05) is 11.6 Å². The van der Waals surface area contributed by atoms with E-state index in [9.17, 15) is 4.79 Å². The van der Waals surface area contributed by atoms with Crippen LogP contribution in [-0.4, -0.2) is 42.3 Å². The van der Waals surface area contributed by atoms with Gasteiger partial charge >= 0.3 is 6.09 Å². The van der Waals surface area contributed by atoms with Gasteiger partial charge in [-0.2, -0.15) is 0 Å². The van der Waals surface area contributed by atoms with E-state index in [1.807, 2.05) is 25.1 Å². The summed E-state index contributed by atoms with van der Waals surface area (Å²) in [4.78, 5) is 14.4. The molecule has 5 heteroatoms. The minimum atomic E-state index is -0.836. The van der Waals surface area contributed by atoms with Crippen LogP contribution < -0.4 is 4.90 Å². The van der Waals surface area contributed by atoms with E-state index >= 15 is 0 Å². The molecule has 0 saturated carbocycles. The summed E-state index contributed by atoms with van der Waals surface area (Å²) >= 11 is 5.92. The molecule has 1 fully saturated rings. The Bertz CT molecular complexity index is 429. The minimum absolute atomic E-state index is 0.553. The van der Waals surface area contributed by atoms with Crippen molar-refractivity contribution >= 4 is 23.4 Å². The lowest BCUT2D eigenvalue weighted by molar-refractivity contribution is 0.142. The molecule has 92 valence electrons. The van der Waals surface area contributed by atoms with Gasteiger partial charge in [-0.05, 0) is 30.7 Å². The first-order chi connectivity index (χ1) is 8.08. The zero-order valence-electron chi connectivity index (χ0n) is 9.69. The molecule has 1 N–H and O–H groups in total. The van der Waals surface area contributed by atoms with Gasteiger partial charge in [0.1, 0.15) is 0 Å². The molecule has 1 aromatic carbocycles. The van der Waals surface area contributed by atoms with Gasteiger partial charge in [0.15, 0.2) is 0 Å². The highest BCUT2D eigenvalue weighted by atomic mass is 35.5. The molecule has 1 aliphatic heterocycles. The minimum Gasteiger partial charge on any atom is -0.465 e. The SMILES string of the molecule is Cc1cc(Cl)ccc1N1CCN(C(=O)O)CC1. The average Bonchev–Trinajstić information content (AvgIpc) is 2.29. The summed E-state index contributed by atoms with van der Waals surface area (Å²) in [6.45, 7) is 4.59. The summed E-state index contributed by atoms with van der Waals surface area (Å²) in [6, 6.07) is 5.79. The number of anilines is 1. The lowest BCUT2D eigenvalue weighted by atomic mass is 10.1. The Labute approximate surface area is 105 Å². The van der Waals surface area contributed by atoms with Crippen LogP contribution >= 0.6 is 11.6 Å². The number of halogens is 1. The Balaban J connectivity index is 2.08. The number of hydrogen-bond acceptors (Lipinski definition) is 2. The topological polar surface area (TPSA) is 43.8 Å². The van der Waals surface area contributed by atoms with E-state index < -0.39 is 6.09 Å². The Morgan fingerprint density at radius 1 is 1.29 bits per heavy atom. The highest BCUT2D eigenvalue weighted by molar-refractivity contribution is 6.30. The number of benzene rings is 1. The van der Waals surface area contributed by atoms with Crippen molar-refractivity contribution in [3.05, 3.63) is 28.8 Å². The molecule has 2 rings (SSSR count). The predicted octanol–water partition coefficient (Wildman–Crippen LogP) is 2.45. The van der Waals surface area contributed by atoms with Gasteiger partial charge in [-0.3, -0.25) is 0 Å². The number of carbonyl (C=O) groups is 1.